The first-order chi connectivity index (χ1) is 16.3. The maximum Gasteiger partial charge on any atom is 0.416 e. The second-order valence-electron chi connectivity index (χ2n) is 11.1. The van der Waals surface area contributed by atoms with Crippen LogP contribution in [0.4, 0.5) is 13.2 Å². The van der Waals surface area contributed by atoms with Crippen molar-refractivity contribution >= 4 is 22.6 Å². The fourth-order valence-electron chi connectivity index (χ4n) is 5.98. The first-order valence-corrected chi connectivity index (χ1v) is 13.4. The summed E-state index contributed by atoms with van der Waals surface area (Å²) in [6.45, 7) is 9.34. The lowest BCUT2D eigenvalue weighted by atomic mass is 9.70. The van der Waals surface area contributed by atoms with Gasteiger partial charge >= 0.3 is 6.18 Å². The third-order valence-electron chi connectivity index (χ3n) is 7.58. The van der Waals surface area contributed by atoms with Gasteiger partial charge in [-0.1, -0.05) is 74.9 Å². The molecule has 0 amide bonds. The number of alkyl halides is 4. The summed E-state index contributed by atoms with van der Waals surface area (Å²) in [5, 5.41) is 13.7. The van der Waals surface area contributed by atoms with Gasteiger partial charge in [0.1, 0.15) is 11.7 Å². The van der Waals surface area contributed by atoms with Crippen LogP contribution in [0.15, 0.2) is 24.3 Å². The van der Waals surface area contributed by atoms with Crippen LogP contribution < -0.4 is 5.11 Å². The number of aromatic nitrogens is 1. The molecule has 1 saturated heterocycles. The van der Waals surface area contributed by atoms with Crippen molar-refractivity contribution in [1.82, 2.24) is 4.98 Å². The van der Waals surface area contributed by atoms with E-state index >= 15 is 0 Å². The highest BCUT2D eigenvalue weighted by atomic mass is 127. The molecule has 35 heavy (non-hydrogen) atoms. The Bertz CT molecular complexity index is 1130. The van der Waals surface area contributed by atoms with Crippen LogP contribution in [0.5, 0.6) is 0 Å². The van der Waals surface area contributed by atoms with Crippen molar-refractivity contribution in [3.05, 3.63) is 63.5 Å². The van der Waals surface area contributed by atoms with E-state index in [0.717, 1.165) is 46.6 Å². The average molecular weight is 600 g/mol. The molecule has 1 aromatic heterocycles. The highest BCUT2D eigenvalue weighted by molar-refractivity contribution is 14.1. The highest BCUT2D eigenvalue weighted by Crippen LogP contribution is 2.58. The van der Waals surface area contributed by atoms with Gasteiger partial charge in [0.15, 0.2) is 0 Å². The van der Waals surface area contributed by atoms with Gasteiger partial charge in [0.2, 0.25) is 0 Å². The number of benzene rings is 1. The molecule has 4 nitrogen and oxygen atoms in total. The molecular weight excluding hydrogens is 570 g/mol. The minimum absolute atomic E-state index is 0.0410. The van der Waals surface area contributed by atoms with Gasteiger partial charge < -0.3 is 14.6 Å². The van der Waals surface area contributed by atoms with E-state index in [0.29, 0.717) is 31.6 Å². The van der Waals surface area contributed by atoms with E-state index < -0.39 is 29.5 Å². The van der Waals surface area contributed by atoms with Gasteiger partial charge in [0.05, 0.1) is 16.1 Å². The van der Waals surface area contributed by atoms with Crippen LogP contribution in [0.2, 0.25) is 0 Å². The molecule has 1 fully saturated rings. The SMILES string of the molecule is CC(C)c1nc2c(c3c1[C@@H](c1ccc(C(F)(F)F)cc1)OC31CCOCC1I)C([O-])CC(C)(C)C2. The molecule has 8 heteroatoms. The number of rotatable bonds is 2. The maximum atomic E-state index is 13.7. The van der Waals surface area contributed by atoms with Gasteiger partial charge in [-0.25, -0.2) is 0 Å². The smallest absolute Gasteiger partial charge is 0.416 e. The van der Waals surface area contributed by atoms with Crippen LogP contribution in [-0.2, 0) is 27.7 Å². The number of pyridine rings is 1. The zero-order valence-corrected chi connectivity index (χ0v) is 22.5. The third-order valence-corrected chi connectivity index (χ3v) is 8.94. The van der Waals surface area contributed by atoms with Crippen LogP contribution in [0, 0.1) is 5.41 Å². The molecule has 3 aliphatic rings. The lowest BCUT2D eigenvalue weighted by molar-refractivity contribution is -0.434. The van der Waals surface area contributed by atoms with E-state index in [4.69, 9.17) is 14.5 Å². The van der Waals surface area contributed by atoms with Crippen LogP contribution in [0.25, 0.3) is 0 Å². The molecule has 2 aromatic rings. The summed E-state index contributed by atoms with van der Waals surface area (Å²) in [7, 11) is 0. The van der Waals surface area contributed by atoms with Gasteiger partial charge in [-0.05, 0) is 46.6 Å². The topological polar surface area (TPSA) is 54.4 Å². The molecular formula is C27H30F3INO3-. The first kappa shape index (κ1) is 25.4. The molecule has 0 saturated carbocycles. The van der Waals surface area contributed by atoms with Crippen LogP contribution in [0.3, 0.4) is 0 Å². The normalized spacial score (nSPS) is 29.9. The van der Waals surface area contributed by atoms with Crippen molar-refractivity contribution in [1.29, 1.82) is 0 Å². The Balaban J connectivity index is 1.77. The largest absolute Gasteiger partial charge is 0.848 e. The van der Waals surface area contributed by atoms with Crippen molar-refractivity contribution < 1.29 is 27.8 Å². The number of halogens is 4. The monoisotopic (exact) mass is 600 g/mol. The quantitative estimate of drug-likeness (QED) is 0.307. The van der Waals surface area contributed by atoms with Crippen LogP contribution in [0.1, 0.15) is 97.9 Å². The summed E-state index contributed by atoms with van der Waals surface area (Å²) in [4.78, 5) is 5.07. The Morgan fingerprint density at radius 2 is 1.83 bits per heavy atom. The standard InChI is InChI=1S/C27H30F3INO3/c1-14(2)23-21-22(20-17(32-23)11-25(3,4)12-18(20)33)26(9-10-34-13-19(26)31)35-24(21)15-5-7-16(8-6-15)27(28,29)30/h5-8,14,18-19,24H,9-13H2,1-4H3/q-1/t18?,19?,24-,26?/m1/s1. The van der Waals surface area contributed by atoms with Crippen LogP contribution in [-0.4, -0.2) is 22.1 Å². The number of nitrogens with zero attached hydrogens (tertiary/aromatic N) is 1. The summed E-state index contributed by atoms with van der Waals surface area (Å²) in [5.41, 5.74) is 3.37. The first-order valence-electron chi connectivity index (χ1n) is 12.1. The predicted molar refractivity (Wildman–Crippen MR) is 132 cm³/mol. The Labute approximate surface area is 217 Å². The van der Waals surface area contributed by atoms with Gasteiger partial charge in [-0.2, -0.15) is 13.2 Å². The molecule has 1 spiro atoms. The molecule has 2 aliphatic heterocycles. The molecule has 0 radical (unpaired) electrons. The van der Waals surface area contributed by atoms with Crippen molar-refractivity contribution in [2.75, 3.05) is 13.2 Å². The molecule has 5 rings (SSSR count). The average Bonchev–Trinajstić information content (AvgIpc) is 3.09. The number of ether oxygens (including phenoxy) is 2. The van der Waals surface area contributed by atoms with Crippen molar-refractivity contribution in [3.63, 3.8) is 0 Å². The minimum Gasteiger partial charge on any atom is -0.848 e. The van der Waals surface area contributed by atoms with Crippen molar-refractivity contribution in [2.45, 2.75) is 80.8 Å². The van der Waals surface area contributed by atoms with Crippen molar-refractivity contribution in [3.8, 4) is 0 Å². The van der Waals surface area contributed by atoms with Crippen LogP contribution >= 0.6 is 22.6 Å². The number of hydrogen-bond acceptors (Lipinski definition) is 4. The van der Waals surface area contributed by atoms with E-state index in [1.165, 1.54) is 12.1 Å². The van der Waals surface area contributed by atoms with E-state index in [1.807, 2.05) is 0 Å². The second kappa shape index (κ2) is 8.67. The summed E-state index contributed by atoms with van der Waals surface area (Å²) in [6, 6.07) is 5.21. The molecule has 0 bridgehead atoms. The van der Waals surface area contributed by atoms with E-state index in [9.17, 15) is 18.3 Å². The molecule has 190 valence electrons. The highest BCUT2D eigenvalue weighted by Gasteiger charge is 2.55. The van der Waals surface area contributed by atoms with E-state index in [2.05, 4.69) is 50.3 Å². The van der Waals surface area contributed by atoms with Gasteiger partial charge in [-0.3, -0.25) is 4.98 Å². The Kier molecular flexibility index (Phi) is 6.30. The lowest BCUT2D eigenvalue weighted by Crippen LogP contribution is -2.46. The summed E-state index contributed by atoms with van der Waals surface area (Å²) in [5.74, 6) is 0.0624. The molecule has 1 aliphatic carbocycles. The summed E-state index contributed by atoms with van der Waals surface area (Å²) < 4.78 is 52.3. The molecule has 0 N–H and O–H groups in total. The van der Waals surface area contributed by atoms with Gasteiger partial charge in [-0.15, -0.1) is 0 Å². The molecule has 3 heterocycles. The molecule has 4 atom stereocenters. The molecule has 1 aromatic carbocycles. The van der Waals surface area contributed by atoms with Gasteiger partial charge in [0, 0.05) is 30.0 Å². The maximum absolute atomic E-state index is 13.7. The number of fused-ring (bicyclic) bond motifs is 4. The fourth-order valence-corrected chi connectivity index (χ4v) is 7.01. The summed E-state index contributed by atoms with van der Waals surface area (Å²) >= 11 is 2.35. The van der Waals surface area contributed by atoms with Gasteiger partial charge in [0.25, 0.3) is 0 Å². The number of hydrogen-bond donors (Lipinski definition) is 0. The third kappa shape index (κ3) is 4.22. The fraction of sp³-hybridized carbons (Fsp3) is 0.593. The van der Waals surface area contributed by atoms with E-state index in [-0.39, 0.29) is 15.3 Å². The van der Waals surface area contributed by atoms with Crippen molar-refractivity contribution in [2.24, 2.45) is 5.41 Å². The predicted octanol–water partition coefficient (Wildman–Crippen LogP) is 6.14. The lowest BCUT2D eigenvalue weighted by Gasteiger charge is -2.45. The van der Waals surface area contributed by atoms with E-state index in [1.54, 1.807) is 0 Å². The Morgan fingerprint density at radius 3 is 2.43 bits per heavy atom. The second-order valence-corrected chi connectivity index (χ2v) is 12.6. The Hall–Kier alpha value is -1.23. The zero-order chi connectivity index (χ0) is 25.3. The zero-order valence-electron chi connectivity index (χ0n) is 20.3. The summed E-state index contributed by atoms with van der Waals surface area (Å²) in [6.07, 6.45) is -4.09. The molecule has 3 unspecified atom stereocenters. The minimum atomic E-state index is -4.41. The Morgan fingerprint density at radius 1 is 1.14 bits per heavy atom.